The van der Waals surface area contributed by atoms with Gasteiger partial charge in [-0.3, -0.25) is 38.6 Å². The number of halogens is 1. The number of nitrogens with zero attached hydrogens (tertiary/aromatic N) is 3. The number of hydrogen-bond donors (Lipinski definition) is 3. The summed E-state index contributed by atoms with van der Waals surface area (Å²) in [6.45, 7) is 3.88. The molecule has 1 unspecified atom stereocenters. The first-order valence-corrected chi connectivity index (χ1v) is 14.7. The van der Waals surface area contributed by atoms with Gasteiger partial charge in [0.15, 0.2) is 0 Å². The average Bonchev–Trinajstić information content (AvgIpc) is 3.55. The molecule has 0 bridgehead atoms. The maximum Gasteiger partial charge on any atom is 0.264 e. The van der Waals surface area contributed by atoms with Crippen LogP contribution in [-0.2, 0) is 14.4 Å². The van der Waals surface area contributed by atoms with Crippen LogP contribution in [0.1, 0.15) is 66.4 Å². The Bertz CT molecular complexity index is 1910. The molecule has 0 aliphatic carbocycles. The molecule has 3 aromatic rings. The molecule has 13 heteroatoms. The normalized spacial score (nSPS) is 18.5. The Balaban J connectivity index is 1.13. The van der Waals surface area contributed by atoms with Gasteiger partial charge in [0.05, 0.1) is 28.0 Å². The van der Waals surface area contributed by atoms with Crippen LogP contribution < -0.4 is 15.5 Å². The summed E-state index contributed by atoms with van der Waals surface area (Å²) in [5.41, 5.74) is 4.21. The molecule has 0 saturated carbocycles. The molecule has 0 spiro atoms. The van der Waals surface area contributed by atoms with Crippen molar-refractivity contribution in [1.82, 2.24) is 20.1 Å². The molecule has 3 aliphatic heterocycles. The van der Waals surface area contributed by atoms with Crippen LogP contribution in [0, 0.1) is 19.7 Å². The summed E-state index contributed by atoms with van der Waals surface area (Å²) in [5.74, 6) is -3.28. The minimum absolute atomic E-state index is 0.0492. The average molecular weight is 627 g/mol. The SMILES string of the molecule is Cc1[nH]c(/C=C2\C(=O)N(C)c3ccc(F)cc32)c(C)c1C(=O)NCCNc1cccc2c1C(=O)N(C1CCC(=O)N(C)C1=O)C2=O. The van der Waals surface area contributed by atoms with Crippen LogP contribution in [0.3, 0.4) is 0 Å². The number of fused-ring (bicyclic) bond motifs is 2. The van der Waals surface area contributed by atoms with E-state index in [1.54, 1.807) is 45.2 Å². The Kier molecular flexibility index (Phi) is 7.54. The Labute approximate surface area is 263 Å². The first kappa shape index (κ1) is 30.4. The summed E-state index contributed by atoms with van der Waals surface area (Å²) >= 11 is 0. The van der Waals surface area contributed by atoms with Gasteiger partial charge in [-0.2, -0.15) is 0 Å². The van der Waals surface area contributed by atoms with Crippen molar-refractivity contribution in [2.45, 2.75) is 32.7 Å². The highest BCUT2D eigenvalue weighted by atomic mass is 19.1. The predicted molar refractivity (Wildman–Crippen MR) is 167 cm³/mol. The summed E-state index contributed by atoms with van der Waals surface area (Å²) in [6, 6.07) is 7.88. The van der Waals surface area contributed by atoms with Gasteiger partial charge in [-0.25, -0.2) is 4.39 Å². The van der Waals surface area contributed by atoms with Crippen LogP contribution in [0.2, 0.25) is 0 Å². The standard InChI is InChI=1S/C33H31FN6O6/c1-16-23(15-21-20-14-18(34)8-9-24(20)38(3)30(21)43)37-17(2)27(16)29(42)36-13-12-35-22-7-5-6-19-28(22)33(46)40(31(19)44)25-10-11-26(41)39(4)32(25)45/h5-9,14-15,25,35,37H,10-13H2,1-4H3,(H,36,42)/b21-15-. The van der Waals surface area contributed by atoms with Crippen LogP contribution in [-0.4, -0.2) is 83.5 Å². The van der Waals surface area contributed by atoms with Crippen molar-refractivity contribution < 1.29 is 33.2 Å². The molecule has 3 aliphatic rings. The van der Waals surface area contributed by atoms with Gasteiger partial charge in [0.25, 0.3) is 29.5 Å². The molecule has 46 heavy (non-hydrogen) atoms. The van der Waals surface area contributed by atoms with Gasteiger partial charge in [0.1, 0.15) is 11.9 Å². The van der Waals surface area contributed by atoms with Crippen LogP contribution >= 0.6 is 0 Å². The van der Waals surface area contributed by atoms with E-state index in [4.69, 9.17) is 0 Å². The van der Waals surface area contributed by atoms with E-state index in [0.717, 1.165) is 9.80 Å². The number of anilines is 2. The third kappa shape index (κ3) is 4.84. The van der Waals surface area contributed by atoms with Crippen molar-refractivity contribution in [1.29, 1.82) is 0 Å². The van der Waals surface area contributed by atoms with Crippen molar-refractivity contribution in [2.75, 3.05) is 37.4 Å². The lowest BCUT2D eigenvalue weighted by Gasteiger charge is -2.32. The molecule has 236 valence electrons. The number of imide groups is 2. The van der Waals surface area contributed by atoms with E-state index < -0.39 is 29.6 Å². The van der Waals surface area contributed by atoms with Gasteiger partial charge < -0.3 is 20.5 Å². The Hall–Kier alpha value is -5.59. The second-order valence-corrected chi connectivity index (χ2v) is 11.5. The van der Waals surface area contributed by atoms with Gasteiger partial charge in [-0.05, 0) is 62.2 Å². The highest BCUT2D eigenvalue weighted by Gasteiger charge is 2.47. The molecule has 0 radical (unpaired) electrons. The first-order valence-electron chi connectivity index (χ1n) is 14.7. The maximum absolute atomic E-state index is 14.0. The summed E-state index contributed by atoms with van der Waals surface area (Å²) < 4.78 is 14.0. The number of benzene rings is 2. The van der Waals surface area contributed by atoms with Crippen LogP contribution in [0.4, 0.5) is 15.8 Å². The molecule has 3 N–H and O–H groups in total. The number of carbonyl (C=O) groups is 6. The lowest BCUT2D eigenvalue weighted by molar-refractivity contribution is -0.149. The second-order valence-electron chi connectivity index (χ2n) is 11.5. The third-order valence-corrected chi connectivity index (χ3v) is 8.74. The number of rotatable bonds is 7. The molecular formula is C33H31FN6O6. The molecule has 1 saturated heterocycles. The van der Waals surface area contributed by atoms with E-state index in [-0.39, 0.29) is 54.8 Å². The number of hydrogen-bond acceptors (Lipinski definition) is 7. The molecule has 6 rings (SSSR count). The third-order valence-electron chi connectivity index (χ3n) is 8.74. The van der Waals surface area contributed by atoms with Crippen molar-refractivity contribution in [2.24, 2.45) is 0 Å². The van der Waals surface area contributed by atoms with E-state index in [9.17, 15) is 33.2 Å². The molecule has 1 atom stereocenters. The van der Waals surface area contributed by atoms with E-state index in [1.165, 1.54) is 30.1 Å². The number of aryl methyl sites for hydroxylation is 1. The zero-order valence-electron chi connectivity index (χ0n) is 25.6. The minimum atomic E-state index is -1.06. The topological polar surface area (TPSA) is 152 Å². The fourth-order valence-electron chi connectivity index (χ4n) is 6.30. The lowest BCUT2D eigenvalue weighted by Crippen LogP contribution is -2.54. The first-order chi connectivity index (χ1) is 21.9. The van der Waals surface area contributed by atoms with Crippen LogP contribution in [0.25, 0.3) is 11.6 Å². The van der Waals surface area contributed by atoms with Gasteiger partial charge in [-0.15, -0.1) is 0 Å². The monoisotopic (exact) mass is 626 g/mol. The summed E-state index contributed by atoms with van der Waals surface area (Å²) in [4.78, 5) is 83.8. The molecule has 2 aromatic carbocycles. The highest BCUT2D eigenvalue weighted by molar-refractivity contribution is 6.35. The fraction of sp³-hybridized carbons (Fsp3) is 0.273. The number of nitrogens with one attached hydrogen (secondary N) is 3. The van der Waals surface area contributed by atoms with Crippen molar-refractivity contribution in [3.63, 3.8) is 0 Å². The van der Waals surface area contributed by atoms with Gasteiger partial charge >= 0.3 is 0 Å². The number of likely N-dealkylation sites (N-methyl/N-ethyl adjacent to an activating group) is 2. The highest BCUT2D eigenvalue weighted by Crippen LogP contribution is 2.38. The van der Waals surface area contributed by atoms with E-state index in [0.29, 0.717) is 45.0 Å². The number of piperidine rings is 1. The number of aromatic nitrogens is 1. The molecule has 6 amide bonds. The fourth-order valence-corrected chi connectivity index (χ4v) is 6.30. The smallest absolute Gasteiger partial charge is 0.264 e. The zero-order valence-corrected chi connectivity index (χ0v) is 25.6. The zero-order chi connectivity index (χ0) is 33.0. The predicted octanol–water partition coefficient (Wildman–Crippen LogP) is 2.87. The number of amides is 6. The second kappa shape index (κ2) is 11.4. The van der Waals surface area contributed by atoms with Crippen molar-refractivity contribution in [3.05, 3.63) is 81.4 Å². The van der Waals surface area contributed by atoms with Gasteiger partial charge in [-0.1, -0.05) is 6.07 Å². The number of aromatic amines is 1. The molecular weight excluding hydrogens is 595 g/mol. The number of H-pyrrole nitrogens is 1. The van der Waals surface area contributed by atoms with E-state index in [2.05, 4.69) is 15.6 Å². The quantitative estimate of drug-likeness (QED) is 0.207. The van der Waals surface area contributed by atoms with Crippen molar-refractivity contribution in [3.8, 4) is 0 Å². The van der Waals surface area contributed by atoms with Gasteiger partial charge in [0, 0.05) is 56.2 Å². The van der Waals surface area contributed by atoms with E-state index >= 15 is 0 Å². The number of likely N-dealkylation sites (tertiary alicyclic amines) is 1. The summed E-state index contributed by atoms with van der Waals surface area (Å²) in [6.07, 6.45) is 1.74. The minimum Gasteiger partial charge on any atom is -0.383 e. The van der Waals surface area contributed by atoms with Crippen molar-refractivity contribution >= 4 is 58.5 Å². The molecule has 1 fully saturated rings. The van der Waals surface area contributed by atoms with Gasteiger partial charge in [0.2, 0.25) is 5.91 Å². The van der Waals surface area contributed by atoms with E-state index in [1.807, 2.05) is 0 Å². The Morgan fingerprint density at radius 1 is 0.978 bits per heavy atom. The lowest BCUT2D eigenvalue weighted by atomic mass is 10.0. The Morgan fingerprint density at radius 3 is 2.50 bits per heavy atom. The molecule has 12 nitrogen and oxygen atoms in total. The summed E-state index contributed by atoms with van der Waals surface area (Å²) in [5, 5.41) is 5.95. The largest absolute Gasteiger partial charge is 0.383 e. The molecule has 4 heterocycles. The van der Waals surface area contributed by atoms with Crippen LogP contribution in [0.15, 0.2) is 36.4 Å². The Morgan fingerprint density at radius 2 is 1.74 bits per heavy atom. The molecule has 1 aromatic heterocycles. The maximum atomic E-state index is 14.0. The number of carbonyl (C=O) groups excluding carboxylic acids is 6. The van der Waals surface area contributed by atoms with Crippen LogP contribution in [0.5, 0.6) is 0 Å². The summed E-state index contributed by atoms with van der Waals surface area (Å²) in [7, 11) is 2.95.